The van der Waals surface area contributed by atoms with Gasteiger partial charge in [-0.15, -0.1) is 0 Å². The molecule has 1 unspecified atom stereocenters. The van der Waals surface area contributed by atoms with Crippen molar-refractivity contribution in [2.75, 3.05) is 0 Å². The molecule has 0 aromatic heterocycles. The van der Waals surface area contributed by atoms with Gasteiger partial charge in [0.2, 0.25) is 0 Å². The monoisotopic (exact) mass is 324 g/mol. The van der Waals surface area contributed by atoms with Gasteiger partial charge in [-0.1, -0.05) is 0 Å². The quantitative estimate of drug-likeness (QED) is 0.532. The standard InChI is InChI=1S/C11H32O3Si4/c1-16(2,3)12-10(13-17(4,5)6)11(15)14-18(7,8)9/h10-11H,1-9,15H3. The second-order valence-corrected chi connectivity index (χ2v) is 22.3. The SMILES string of the molecule is C[Si](C)(C)OC([SiH3])C(O[Si](C)(C)C)O[Si](C)(C)C. The predicted octanol–water partition coefficient (Wildman–Crippen LogP) is 2.56. The van der Waals surface area contributed by atoms with Crippen molar-refractivity contribution < 1.29 is 13.3 Å². The van der Waals surface area contributed by atoms with Crippen molar-refractivity contribution in [1.82, 2.24) is 0 Å². The first-order valence-corrected chi connectivity index (χ1v) is 18.1. The molecule has 0 bridgehead atoms. The van der Waals surface area contributed by atoms with Gasteiger partial charge < -0.3 is 13.3 Å². The highest BCUT2D eigenvalue weighted by Crippen LogP contribution is 2.19. The van der Waals surface area contributed by atoms with E-state index in [0.717, 1.165) is 10.2 Å². The molecule has 18 heavy (non-hydrogen) atoms. The van der Waals surface area contributed by atoms with Crippen LogP contribution in [-0.2, 0) is 13.3 Å². The average molecular weight is 325 g/mol. The lowest BCUT2D eigenvalue weighted by molar-refractivity contribution is -0.0585. The first-order chi connectivity index (χ1) is 7.70. The summed E-state index contributed by atoms with van der Waals surface area (Å²) in [5.74, 6) is 0. The highest BCUT2D eigenvalue weighted by atomic mass is 28.4. The van der Waals surface area contributed by atoms with E-state index in [9.17, 15) is 0 Å². The first kappa shape index (κ1) is 18.7. The summed E-state index contributed by atoms with van der Waals surface area (Å²) in [5.41, 5.74) is 0.148. The molecule has 0 N–H and O–H groups in total. The third kappa shape index (κ3) is 10.7. The van der Waals surface area contributed by atoms with Gasteiger partial charge in [-0.05, 0) is 58.9 Å². The molecule has 0 radical (unpaired) electrons. The molecule has 0 spiro atoms. The zero-order valence-electron chi connectivity index (χ0n) is 13.9. The summed E-state index contributed by atoms with van der Waals surface area (Å²) in [6.07, 6.45) is -0.151. The van der Waals surface area contributed by atoms with Crippen LogP contribution in [0.5, 0.6) is 0 Å². The largest absolute Gasteiger partial charge is 0.414 e. The zero-order valence-corrected chi connectivity index (χ0v) is 18.9. The van der Waals surface area contributed by atoms with Crippen LogP contribution in [0.15, 0.2) is 0 Å². The Morgan fingerprint density at radius 3 is 1.11 bits per heavy atom. The normalized spacial score (nSPS) is 16.3. The Morgan fingerprint density at radius 2 is 0.889 bits per heavy atom. The second kappa shape index (κ2) is 6.47. The molecule has 0 aliphatic carbocycles. The van der Waals surface area contributed by atoms with E-state index in [-0.39, 0.29) is 12.0 Å². The molecule has 0 aromatic carbocycles. The molecule has 0 rings (SSSR count). The van der Waals surface area contributed by atoms with Crippen LogP contribution in [0.2, 0.25) is 58.9 Å². The van der Waals surface area contributed by atoms with Gasteiger partial charge in [0.25, 0.3) is 0 Å². The van der Waals surface area contributed by atoms with Gasteiger partial charge >= 0.3 is 0 Å². The molecule has 0 fully saturated rings. The van der Waals surface area contributed by atoms with Crippen LogP contribution in [0, 0.1) is 0 Å². The first-order valence-electron chi connectivity index (χ1n) is 6.73. The maximum absolute atomic E-state index is 6.20. The molecule has 1 atom stereocenters. The molecule has 0 saturated carbocycles. The topological polar surface area (TPSA) is 27.7 Å². The van der Waals surface area contributed by atoms with Gasteiger partial charge in [0.1, 0.15) is 0 Å². The minimum Gasteiger partial charge on any atom is -0.414 e. The molecular weight excluding hydrogens is 292 g/mol. The van der Waals surface area contributed by atoms with Crippen LogP contribution in [0.1, 0.15) is 0 Å². The lowest BCUT2D eigenvalue weighted by atomic mass is 10.7. The average Bonchev–Trinajstić information content (AvgIpc) is 1.93. The van der Waals surface area contributed by atoms with Crippen LogP contribution < -0.4 is 0 Å². The van der Waals surface area contributed by atoms with E-state index in [1.54, 1.807) is 0 Å². The molecule has 0 aromatic rings. The lowest BCUT2D eigenvalue weighted by Gasteiger charge is -2.37. The smallest absolute Gasteiger partial charge is 0.187 e. The highest BCUT2D eigenvalue weighted by molar-refractivity contribution is 6.71. The summed E-state index contributed by atoms with van der Waals surface area (Å²) in [7, 11) is -3.79. The summed E-state index contributed by atoms with van der Waals surface area (Å²) in [4.78, 5) is 0. The lowest BCUT2D eigenvalue weighted by Crippen LogP contribution is -2.49. The third-order valence-corrected chi connectivity index (χ3v) is 6.07. The van der Waals surface area contributed by atoms with E-state index in [1.807, 2.05) is 0 Å². The zero-order chi connectivity index (χ0) is 14.8. The van der Waals surface area contributed by atoms with Crippen molar-refractivity contribution in [3.05, 3.63) is 0 Å². The number of hydrogen-bond acceptors (Lipinski definition) is 3. The maximum Gasteiger partial charge on any atom is 0.187 e. The van der Waals surface area contributed by atoms with E-state index in [4.69, 9.17) is 13.3 Å². The van der Waals surface area contributed by atoms with Crippen LogP contribution in [0.25, 0.3) is 0 Å². The van der Waals surface area contributed by atoms with Gasteiger partial charge in [0.15, 0.2) is 31.2 Å². The summed E-state index contributed by atoms with van der Waals surface area (Å²) >= 11 is 0. The molecule has 0 amide bonds. The molecular formula is C11H32O3Si4. The van der Waals surface area contributed by atoms with E-state index in [0.29, 0.717) is 0 Å². The molecule has 0 aliphatic heterocycles. The fourth-order valence-electron chi connectivity index (χ4n) is 1.53. The summed E-state index contributed by atoms with van der Waals surface area (Å²) in [6.45, 7) is 19.9. The Kier molecular flexibility index (Phi) is 6.73. The summed E-state index contributed by atoms with van der Waals surface area (Å²) in [5, 5.41) is 0. The van der Waals surface area contributed by atoms with Crippen molar-refractivity contribution in [2.45, 2.75) is 70.9 Å². The Labute approximate surface area is 119 Å². The molecule has 0 heterocycles. The Hall–Kier alpha value is 0.748. The third-order valence-electron chi connectivity index (χ3n) is 1.86. The van der Waals surface area contributed by atoms with Gasteiger partial charge in [-0.25, -0.2) is 0 Å². The fourth-order valence-corrected chi connectivity index (χ4v) is 7.66. The van der Waals surface area contributed by atoms with Gasteiger partial charge in [0.05, 0.1) is 5.73 Å². The number of rotatable bonds is 7. The van der Waals surface area contributed by atoms with Crippen LogP contribution in [-0.4, -0.2) is 47.2 Å². The Morgan fingerprint density at radius 1 is 0.611 bits per heavy atom. The van der Waals surface area contributed by atoms with Crippen molar-refractivity contribution in [3.8, 4) is 0 Å². The summed E-state index contributed by atoms with van der Waals surface area (Å²) in [6, 6.07) is 0. The number of hydrogen-bond donors (Lipinski definition) is 0. The Balaban J connectivity index is 4.75. The Bertz CT molecular complexity index is 236. The van der Waals surface area contributed by atoms with Crippen LogP contribution in [0.4, 0.5) is 0 Å². The van der Waals surface area contributed by atoms with Crippen molar-refractivity contribution in [3.63, 3.8) is 0 Å². The van der Waals surface area contributed by atoms with Crippen LogP contribution in [0.3, 0.4) is 0 Å². The molecule has 0 aliphatic rings. The fraction of sp³-hybridized carbons (Fsp3) is 1.00. The van der Waals surface area contributed by atoms with Crippen molar-refractivity contribution in [1.29, 1.82) is 0 Å². The summed E-state index contributed by atoms with van der Waals surface area (Å²) < 4.78 is 18.6. The molecule has 0 saturated heterocycles. The van der Waals surface area contributed by atoms with E-state index in [1.165, 1.54) is 0 Å². The van der Waals surface area contributed by atoms with E-state index < -0.39 is 25.0 Å². The highest BCUT2D eigenvalue weighted by Gasteiger charge is 2.33. The van der Waals surface area contributed by atoms with E-state index >= 15 is 0 Å². The second-order valence-electron chi connectivity index (χ2n) is 7.76. The minimum absolute atomic E-state index is 0.148. The maximum atomic E-state index is 6.20. The van der Waals surface area contributed by atoms with Gasteiger partial charge in [-0.2, -0.15) is 0 Å². The van der Waals surface area contributed by atoms with Crippen molar-refractivity contribution >= 4 is 35.2 Å². The molecule has 110 valence electrons. The van der Waals surface area contributed by atoms with E-state index in [2.05, 4.69) is 58.9 Å². The van der Waals surface area contributed by atoms with Crippen molar-refractivity contribution in [2.24, 2.45) is 0 Å². The molecule has 7 heteroatoms. The minimum atomic E-state index is -1.60. The van der Waals surface area contributed by atoms with Crippen LogP contribution >= 0.6 is 0 Å². The van der Waals surface area contributed by atoms with Gasteiger partial charge in [0, 0.05) is 10.2 Å². The predicted molar refractivity (Wildman–Crippen MR) is 90.8 cm³/mol. The van der Waals surface area contributed by atoms with Gasteiger partial charge in [-0.3, -0.25) is 0 Å². The molecule has 3 nitrogen and oxygen atoms in total.